The Bertz CT molecular complexity index is 653. The molecule has 24 heavy (non-hydrogen) atoms. The highest BCUT2D eigenvalue weighted by molar-refractivity contribution is 6.30. The third kappa shape index (κ3) is 5.55. The lowest BCUT2D eigenvalue weighted by atomic mass is 10.2. The van der Waals surface area contributed by atoms with Crippen LogP contribution in [0.25, 0.3) is 0 Å². The molecule has 0 spiro atoms. The Morgan fingerprint density at radius 3 is 2.25 bits per heavy atom. The molecule has 1 unspecified atom stereocenters. The molecule has 2 rings (SSSR count). The van der Waals surface area contributed by atoms with Gasteiger partial charge < -0.3 is 15.1 Å². The standard InChI is InChI=1S/C19H24ClN3O/c1-4-23(13-15-5-11-18(12-6-15)22(2)3)14-19(24)21-17-9-7-16(20)8-10-17/h5-12H,4,13-14H2,1-3H3,(H,21,24)/p+1. The number of quaternary nitrogens is 1. The molecule has 5 heteroatoms. The van der Waals surface area contributed by atoms with Crippen LogP contribution in [0.2, 0.25) is 5.02 Å². The fraction of sp³-hybridized carbons (Fsp3) is 0.316. The number of rotatable bonds is 7. The van der Waals surface area contributed by atoms with Crippen molar-refractivity contribution in [3.8, 4) is 0 Å². The fourth-order valence-electron chi connectivity index (χ4n) is 2.48. The summed E-state index contributed by atoms with van der Waals surface area (Å²) >= 11 is 5.86. The van der Waals surface area contributed by atoms with Gasteiger partial charge in [-0.05, 0) is 43.3 Å². The van der Waals surface area contributed by atoms with E-state index in [-0.39, 0.29) is 5.91 Å². The van der Waals surface area contributed by atoms with Gasteiger partial charge in [0, 0.05) is 36.1 Å². The van der Waals surface area contributed by atoms with E-state index in [2.05, 4.69) is 41.4 Å². The Labute approximate surface area is 149 Å². The second kappa shape index (κ2) is 8.71. The van der Waals surface area contributed by atoms with Gasteiger partial charge in [0.1, 0.15) is 6.54 Å². The van der Waals surface area contributed by atoms with E-state index in [1.807, 2.05) is 26.2 Å². The first-order chi connectivity index (χ1) is 11.5. The summed E-state index contributed by atoms with van der Waals surface area (Å²) in [6.45, 7) is 4.26. The summed E-state index contributed by atoms with van der Waals surface area (Å²) in [5.74, 6) is 0.0130. The molecular weight excluding hydrogens is 322 g/mol. The van der Waals surface area contributed by atoms with E-state index in [1.165, 1.54) is 16.2 Å². The molecule has 0 saturated carbocycles. The summed E-state index contributed by atoms with van der Waals surface area (Å²) in [6.07, 6.45) is 0. The average molecular weight is 347 g/mol. The summed E-state index contributed by atoms with van der Waals surface area (Å²) in [7, 11) is 4.05. The smallest absolute Gasteiger partial charge is 0.279 e. The van der Waals surface area contributed by atoms with Gasteiger partial charge in [-0.25, -0.2) is 0 Å². The maximum absolute atomic E-state index is 12.2. The molecule has 0 radical (unpaired) electrons. The normalized spacial score (nSPS) is 11.8. The molecule has 0 bridgehead atoms. The molecular formula is C19H25ClN3O+. The minimum atomic E-state index is 0.0130. The molecule has 0 saturated heterocycles. The van der Waals surface area contributed by atoms with E-state index >= 15 is 0 Å². The van der Waals surface area contributed by atoms with Crippen LogP contribution >= 0.6 is 11.6 Å². The quantitative estimate of drug-likeness (QED) is 0.808. The molecule has 0 aliphatic carbocycles. The zero-order chi connectivity index (χ0) is 17.5. The van der Waals surface area contributed by atoms with Crippen molar-refractivity contribution >= 4 is 28.9 Å². The van der Waals surface area contributed by atoms with Gasteiger partial charge in [0.05, 0.1) is 6.54 Å². The van der Waals surface area contributed by atoms with Crippen LogP contribution in [0.3, 0.4) is 0 Å². The lowest BCUT2D eigenvalue weighted by Gasteiger charge is -2.18. The van der Waals surface area contributed by atoms with Crippen molar-refractivity contribution in [2.24, 2.45) is 0 Å². The molecule has 0 aromatic heterocycles. The van der Waals surface area contributed by atoms with E-state index in [9.17, 15) is 4.79 Å². The first-order valence-corrected chi connectivity index (χ1v) is 8.51. The highest BCUT2D eigenvalue weighted by atomic mass is 35.5. The van der Waals surface area contributed by atoms with Crippen molar-refractivity contribution in [2.75, 3.05) is 37.4 Å². The van der Waals surface area contributed by atoms with Gasteiger partial charge in [-0.2, -0.15) is 0 Å². The van der Waals surface area contributed by atoms with E-state index in [0.29, 0.717) is 11.6 Å². The lowest BCUT2D eigenvalue weighted by Crippen LogP contribution is -3.11. The Balaban J connectivity index is 1.91. The van der Waals surface area contributed by atoms with Gasteiger partial charge in [0.15, 0.2) is 6.54 Å². The summed E-state index contributed by atoms with van der Waals surface area (Å²) in [6, 6.07) is 15.6. The van der Waals surface area contributed by atoms with Crippen LogP contribution in [0.1, 0.15) is 12.5 Å². The Morgan fingerprint density at radius 1 is 1.08 bits per heavy atom. The Kier molecular flexibility index (Phi) is 6.64. The van der Waals surface area contributed by atoms with E-state index in [4.69, 9.17) is 11.6 Å². The van der Waals surface area contributed by atoms with E-state index in [0.717, 1.165) is 18.8 Å². The van der Waals surface area contributed by atoms with Crippen molar-refractivity contribution in [1.29, 1.82) is 0 Å². The van der Waals surface area contributed by atoms with Crippen LogP contribution in [-0.2, 0) is 11.3 Å². The number of hydrogen-bond donors (Lipinski definition) is 2. The van der Waals surface area contributed by atoms with Gasteiger partial charge in [-0.3, -0.25) is 4.79 Å². The summed E-state index contributed by atoms with van der Waals surface area (Å²) in [4.78, 5) is 15.5. The fourth-order valence-corrected chi connectivity index (χ4v) is 2.60. The van der Waals surface area contributed by atoms with Crippen LogP contribution in [0.4, 0.5) is 11.4 Å². The number of halogens is 1. The largest absolute Gasteiger partial charge is 0.378 e. The molecule has 2 aromatic carbocycles. The molecule has 128 valence electrons. The number of carbonyl (C=O) groups is 1. The molecule has 4 nitrogen and oxygen atoms in total. The Morgan fingerprint density at radius 2 is 1.71 bits per heavy atom. The highest BCUT2D eigenvalue weighted by Gasteiger charge is 2.13. The lowest BCUT2D eigenvalue weighted by molar-refractivity contribution is -0.903. The Hall–Kier alpha value is -2.04. The zero-order valence-electron chi connectivity index (χ0n) is 14.5. The number of hydrogen-bond acceptors (Lipinski definition) is 2. The van der Waals surface area contributed by atoms with E-state index < -0.39 is 0 Å². The SMILES string of the molecule is CC[NH+](CC(=O)Nc1ccc(Cl)cc1)Cc1ccc(N(C)C)cc1. The molecule has 1 amide bonds. The molecule has 1 atom stereocenters. The number of benzene rings is 2. The van der Waals surface area contributed by atoms with Crippen molar-refractivity contribution in [2.45, 2.75) is 13.5 Å². The minimum Gasteiger partial charge on any atom is -0.378 e. The van der Waals surface area contributed by atoms with Crippen LogP contribution in [0.15, 0.2) is 48.5 Å². The first kappa shape index (κ1) is 18.3. The highest BCUT2D eigenvalue weighted by Crippen LogP contribution is 2.13. The molecule has 0 heterocycles. The monoisotopic (exact) mass is 346 g/mol. The van der Waals surface area contributed by atoms with Crippen molar-refractivity contribution in [3.05, 3.63) is 59.1 Å². The number of anilines is 2. The number of amides is 1. The number of carbonyl (C=O) groups excluding carboxylic acids is 1. The molecule has 2 N–H and O–H groups in total. The second-order valence-electron chi connectivity index (χ2n) is 6.07. The van der Waals surface area contributed by atoms with Gasteiger partial charge in [0.25, 0.3) is 5.91 Å². The summed E-state index contributed by atoms with van der Waals surface area (Å²) in [5, 5.41) is 3.58. The van der Waals surface area contributed by atoms with Gasteiger partial charge in [-0.1, -0.05) is 23.7 Å². The average Bonchev–Trinajstić information content (AvgIpc) is 2.56. The maximum atomic E-state index is 12.2. The van der Waals surface area contributed by atoms with Crippen molar-refractivity contribution in [3.63, 3.8) is 0 Å². The summed E-state index contributed by atoms with van der Waals surface area (Å²) in [5.41, 5.74) is 3.18. The van der Waals surface area contributed by atoms with Gasteiger partial charge in [0.2, 0.25) is 0 Å². The third-order valence-electron chi connectivity index (χ3n) is 3.95. The van der Waals surface area contributed by atoms with Crippen molar-refractivity contribution in [1.82, 2.24) is 0 Å². The number of nitrogens with one attached hydrogen (secondary N) is 2. The number of nitrogens with zero attached hydrogens (tertiary/aromatic N) is 1. The molecule has 0 aliphatic heterocycles. The third-order valence-corrected chi connectivity index (χ3v) is 4.20. The van der Waals surface area contributed by atoms with Crippen LogP contribution in [-0.4, -0.2) is 33.1 Å². The maximum Gasteiger partial charge on any atom is 0.279 e. The summed E-state index contributed by atoms with van der Waals surface area (Å²) < 4.78 is 0. The molecule has 2 aromatic rings. The molecule has 0 fully saturated rings. The first-order valence-electron chi connectivity index (χ1n) is 8.13. The zero-order valence-corrected chi connectivity index (χ0v) is 15.2. The van der Waals surface area contributed by atoms with Crippen LogP contribution in [0, 0.1) is 0 Å². The van der Waals surface area contributed by atoms with Crippen LogP contribution in [0.5, 0.6) is 0 Å². The topological polar surface area (TPSA) is 36.8 Å². The number of likely N-dealkylation sites (N-methyl/N-ethyl adjacent to an activating group) is 1. The molecule has 0 aliphatic rings. The predicted molar refractivity (Wildman–Crippen MR) is 101 cm³/mol. The second-order valence-corrected chi connectivity index (χ2v) is 6.51. The van der Waals surface area contributed by atoms with Crippen molar-refractivity contribution < 1.29 is 9.69 Å². The van der Waals surface area contributed by atoms with Crippen LogP contribution < -0.4 is 15.1 Å². The van der Waals surface area contributed by atoms with Gasteiger partial charge in [-0.15, -0.1) is 0 Å². The van der Waals surface area contributed by atoms with Gasteiger partial charge >= 0.3 is 0 Å². The predicted octanol–water partition coefficient (Wildman–Crippen LogP) is 2.45. The van der Waals surface area contributed by atoms with E-state index in [1.54, 1.807) is 12.1 Å². The minimum absolute atomic E-state index is 0.0130.